The van der Waals surface area contributed by atoms with Crippen molar-refractivity contribution < 1.29 is 14.3 Å². The van der Waals surface area contributed by atoms with Crippen LogP contribution in [0.3, 0.4) is 0 Å². The number of thiazole rings is 1. The molecule has 3 rings (SSSR count). The molecule has 2 aromatic heterocycles. The minimum absolute atomic E-state index is 0.0828. The standard InChI is InChI=1S/C16H18N2O4S2/c1-11-10-24-16(21)18(11)6-3-15(20)22-9-14(19)17-5-2-13-12(8-17)4-7-23-13/h4,7,10H,2-3,5-6,8-9H2,1H3. The molecule has 24 heavy (non-hydrogen) atoms. The molecule has 0 N–H and O–H groups in total. The second-order valence-electron chi connectivity index (χ2n) is 5.64. The number of hydrogen-bond acceptors (Lipinski definition) is 6. The molecule has 128 valence electrons. The van der Waals surface area contributed by atoms with E-state index in [1.54, 1.807) is 21.6 Å². The van der Waals surface area contributed by atoms with Gasteiger partial charge in [0, 0.05) is 35.6 Å². The SMILES string of the molecule is Cc1csc(=O)n1CCC(=O)OCC(=O)N1CCc2sccc2C1. The Labute approximate surface area is 147 Å². The van der Waals surface area contributed by atoms with Crippen molar-refractivity contribution in [1.82, 2.24) is 9.47 Å². The predicted molar refractivity (Wildman–Crippen MR) is 92.3 cm³/mol. The molecule has 8 heteroatoms. The summed E-state index contributed by atoms with van der Waals surface area (Å²) in [4.78, 5) is 38.5. The Balaban J connectivity index is 1.45. The van der Waals surface area contributed by atoms with Crippen molar-refractivity contribution in [2.24, 2.45) is 0 Å². The molecule has 0 aliphatic carbocycles. The number of thiophene rings is 1. The minimum atomic E-state index is -0.464. The van der Waals surface area contributed by atoms with E-state index in [-0.39, 0.29) is 30.4 Å². The first-order valence-electron chi connectivity index (χ1n) is 7.68. The van der Waals surface area contributed by atoms with Crippen molar-refractivity contribution in [1.29, 1.82) is 0 Å². The number of aromatic nitrogens is 1. The van der Waals surface area contributed by atoms with Crippen LogP contribution >= 0.6 is 22.7 Å². The van der Waals surface area contributed by atoms with Crippen LogP contribution in [-0.2, 0) is 33.8 Å². The van der Waals surface area contributed by atoms with Crippen LogP contribution in [0.4, 0.5) is 0 Å². The van der Waals surface area contributed by atoms with Gasteiger partial charge in [-0.25, -0.2) is 0 Å². The molecule has 2 aromatic rings. The summed E-state index contributed by atoms with van der Waals surface area (Å²) >= 11 is 2.82. The van der Waals surface area contributed by atoms with Gasteiger partial charge in [0.25, 0.3) is 5.91 Å². The van der Waals surface area contributed by atoms with Crippen LogP contribution in [0.15, 0.2) is 21.6 Å². The number of carbonyl (C=O) groups is 2. The molecule has 0 saturated carbocycles. The van der Waals surface area contributed by atoms with Crippen molar-refractivity contribution in [3.05, 3.63) is 42.6 Å². The quantitative estimate of drug-likeness (QED) is 0.757. The van der Waals surface area contributed by atoms with Crippen LogP contribution in [0, 0.1) is 6.92 Å². The summed E-state index contributed by atoms with van der Waals surface area (Å²) in [5.41, 5.74) is 2.01. The Hall–Kier alpha value is -1.93. The number of amides is 1. The van der Waals surface area contributed by atoms with Crippen molar-refractivity contribution in [2.75, 3.05) is 13.2 Å². The topological polar surface area (TPSA) is 68.6 Å². The first-order valence-corrected chi connectivity index (χ1v) is 9.44. The number of carbonyl (C=O) groups excluding carboxylic acids is 2. The molecule has 0 fully saturated rings. The molecule has 3 heterocycles. The summed E-state index contributed by atoms with van der Waals surface area (Å²) in [6, 6.07) is 2.03. The van der Waals surface area contributed by atoms with Gasteiger partial charge in [0.05, 0.1) is 6.42 Å². The Morgan fingerprint density at radius 2 is 2.17 bits per heavy atom. The van der Waals surface area contributed by atoms with E-state index in [1.807, 2.05) is 18.4 Å². The van der Waals surface area contributed by atoms with Crippen LogP contribution in [-0.4, -0.2) is 34.5 Å². The van der Waals surface area contributed by atoms with E-state index in [1.165, 1.54) is 15.0 Å². The van der Waals surface area contributed by atoms with E-state index in [2.05, 4.69) is 0 Å². The van der Waals surface area contributed by atoms with E-state index in [0.717, 1.165) is 23.5 Å². The Morgan fingerprint density at radius 1 is 1.33 bits per heavy atom. The third-order valence-electron chi connectivity index (χ3n) is 4.03. The highest BCUT2D eigenvalue weighted by atomic mass is 32.1. The minimum Gasteiger partial charge on any atom is -0.456 e. The monoisotopic (exact) mass is 366 g/mol. The van der Waals surface area contributed by atoms with Crippen molar-refractivity contribution in [2.45, 2.75) is 32.9 Å². The van der Waals surface area contributed by atoms with Crippen LogP contribution < -0.4 is 4.87 Å². The molecule has 0 unspecified atom stereocenters. The van der Waals surface area contributed by atoms with Crippen LogP contribution in [0.2, 0.25) is 0 Å². The van der Waals surface area contributed by atoms with Crippen LogP contribution in [0.25, 0.3) is 0 Å². The summed E-state index contributed by atoms with van der Waals surface area (Å²) in [5, 5.41) is 3.79. The average molecular weight is 366 g/mol. The molecule has 1 aliphatic rings. The number of esters is 1. The first-order chi connectivity index (χ1) is 11.5. The zero-order valence-corrected chi connectivity index (χ0v) is 15.0. The van der Waals surface area contributed by atoms with Gasteiger partial charge in [0.2, 0.25) is 0 Å². The van der Waals surface area contributed by atoms with Gasteiger partial charge in [-0.05, 0) is 30.4 Å². The van der Waals surface area contributed by atoms with Crippen LogP contribution in [0.1, 0.15) is 22.6 Å². The van der Waals surface area contributed by atoms with E-state index in [9.17, 15) is 14.4 Å². The molecular weight excluding hydrogens is 348 g/mol. The van der Waals surface area contributed by atoms with Gasteiger partial charge >= 0.3 is 10.8 Å². The Morgan fingerprint density at radius 3 is 2.92 bits per heavy atom. The highest BCUT2D eigenvalue weighted by Gasteiger charge is 2.22. The zero-order chi connectivity index (χ0) is 17.1. The summed E-state index contributed by atoms with van der Waals surface area (Å²) in [6.45, 7) is 3.10. The molecule has 1 aliphatic heterocycles. The van der Waals surface area contributed by atoms with Gasteiger partial charge < -0.3 is 14.2 Å². The lowest BCUT2D eigenvalue weighted by molar-refractivity contribution is -0.152. The number of nitrogens with zero attached hydrogens (tertiary/aromatic N) is 2. The molecule has 0 radical (unpaired) electrons. The summed E-state index contributed by atoms with van der Waals surface area (Å²) in [7, 11) is 0. The molecule has 6 nitrogen and oxygen atoms in total. The second kappa shape index (κ2) is 7.31. The van der Waals surface area contributed by atoms with Crippen molar-refractivity contribution in [3.63, 3.8) is 0 Å². The second-order valence-corrected chi connectivity index (χ2v) is 7.46. The van der Waals surface area contributed by atoms with Gasteiger partial charge in [-0.15, -0.1) is 11.3 Å². The van der Waals surface area contributed by atoms with Gasteiger partial charge in [-0.1, -0.05) is 11.3 Å². The molecule has 0 spiro atoms. The number of ether oxygens (including phenoxy) is 1. The summed E-state index contributed by atoms with van der Waals surface area (Å²) in [6.07, 6.45) is 0.937. The molecular formula is C16H18N2O4S2. The fraction of sp³-hybridized carbons (Fsp3) is 0.438. The van der Waals surface area contributed by atoms with E-state index < -0.39 is 5.97 Å². The Bertz CT molecular complexity index is 805. The zero-order valence-electron chi connectivity index (χ0n) is 13.3. The maximum atomic E-state index is 12.2. The highest BCUT2D eigenvalue weighted by molar-refractivity contribution is 7.10. The van der Waals surface area contributed by atoms with E-state index in [0.29, 0.717) is 13.1 Å². The molecule has 1 amide bonds. The number of aryl methyl sites for hydroxylation is 1. The molecule has 0 bridgehead atoms. The van der Waals surface area contributed by atoms with E-state index in [4.69, 9.17) is 4.74 Å². The lowest BCUT2D eigenvalue weighted by Crippen LogP contribution is -2.38. The van der Waals surface area contributed by atoms with Gasteiger partial charge in [-0.3, -0.25) is 14.4 Å². The normalized spacial score (nSPS) is 13.6. The fourth-order valence-corrected chi connectivity index (χ4v) is 4.30. The maximum Gasteiger partial charge on any atom is 0.308 e. The lowest BCUT2D eigenvalue weighted by Gasteiger charge is -2.26. The highest BCUT2D eigenvalue weighted by Crippen LogP contribution is 2.23. The predicted octanol–water partition coefficient (Wildman–Crippen LogP) is 1.80. The smallest absolute Gasteiger partial charge is 0.308 e. The largest absolute Gasteiger partial charge is 0.456 e. The molecule has 0 aromatic carbocycles. The van der Waals surface area contributed by atoms with Crippen molar-refractivity contribution in [3.8, 4) is 0 Å². The molecule has 0 atom stereocenters. The number of rotatable bonds is 5. The fourth-order valence-electron chi connectivity index (χ4n) is 2.64. The van der Waals surface area contributed by atoms with Gasteiger partial charge in [-0.2, -0.15) is 0 Å². The summed E-state index contributed by atoms with van der Waals surface area (Å²) < 4.78 is 6.60. The number of hydrogen-bond donors (Lipinski definition) is 0. The first kappa shape index (κ1) is 16.9. The van der Waals surface area contributed by atoms with Gasteiger partial charge in [0.15, 0.2) is 6.61 Å². The number of fused-ring (bicyclic) bond motifs is 1. The lowest BCUT2D eigenvalue weighted by atomic mass is 10.1. The third-order valence-corrected chi connectivity index (χ3v) is 5.94. The molecule has 0 saturated heterocycles. The summed E-state index contributed by atoms with van der Waals surface area (Å²) in [5.74, 6) is -0.641. The average Bonchev–Trinajstić information content (AvgIpc) is 3.17. The Kier molecular flexibility index (Phi) is 5.15. The third kappa shape index (κ3) is 3.76. The van der Waals surface area contributed by atoms with E-state index >= 15 is 0 Å². The maximum absolute atomic E-state index is 12.2. The van der Waals surface area contributed by atoms with Crippen LogP contribution in [0.5, 0.6) is 0 Å². The van der Waals surface area contributed by atoms with Crippen molar-refractivity contribution >= 4 is 34.6 Å². The van der Waals surface area contributed by atoms with Gasteiger partial charge in [0.1, 0.15) is 0 Å².